The van der Waals surface area contributed by atoms with E-state index in [1.807, 2.05) is 4.90 Å². The van der Waals surface area contributed by atoms with Crippen LogP contribution >= 0.6 is 0 Å². The van der Waals surface area contributed by atoms with Crippen LogP contribution in [-0.2, 0) is 0 Å². The summed E-state index contributed by atoms with van der Waals surface area (Å²) in [5.74, 6) is 1.06. The highest BCUT2D eigenvalue weighted by Crippen LogP contribution is 2.15. The molecular weight excluding hydrogens is 244 g/mol. The lowest BCUT2D eigenvalue weighted by molar-refractivity contribution is -0.906. The molecule has 1 fully saturated rings. The molecule has 0 unspecified atom stereocenters. The Morgan fingerprint density at radius 3 is 1.95 bits per heavy atom. The van der Waals surface area contributed by atoms with Gasteiger partial charge in [0.15, 0.2) is 0 Å². The van der Waals surface area contributed by atoms with Crippen molar-refractivity contribution in [3.05, 3.63) is 6.57 Å². The third-order valence-electron chi connectivity index (χ3n) is 4.64. The van der Waals surface area contributed by atoms with Gasteiger partial charge in [0.2, 0.25) is 0 Å². The summed E-state index contributed by atoms with van der Waals surface area (Å²) in [6.07, 6.45) is 16.0. The number of hydrogen-bond donors (Lipinski definition) is 1. The van der Waals surface area contributed by atoms with Crippen LogP contribution in [0, 0.1) is 17.8 Å². The van der Waals surface area contributed by atoms with E-state index in [9.17, 15) is 0 Å². The molecule has 0 aromatic carbocycles. The van der Waals surface area contributed by atoms with Gasteiger partial charge < -0.3 is 16.7 Å². The van der Waals surface area contributed by atoms with Crippen LogP contribution in [0.25, 0.3) is 0 Å². The molecule has 2 heteroatoms. The molecule has 1 heterocycles. The van der Waals surface area contributed by atoms with E-state index < -0.39 is 0 Å². The summed E-state index contributed by atoms with van der Waals surface area (Å²) < 4.78 is 0. The number of hydrogen-bond acceptors (Lipinski definition) is 1. The van der Waals surface area contributed by atoms with Crippen LogP contribution in [0.15, 0.2) is 0 Å². The molecule has 0 bridgehead atoms. The highest BCUT2D eigenvalue weighted by atomic mass is 15.1. The second-order valence-corrected chi connectivity index (χ2v) is 6.35. The molecule has 1 rings (SSSR count). The summed E-state index contributed by atoms with van der Waals surface area (Å²) in [6, 6.07) is 0. The van der Waals surface area contributed by atoms with Gasteiger partial charge in [0, 0.05) is 0 Å². The van der Waals surface area contributed by atoms with Gasteiger partial charge >= 0.3 is 0 Å². The Balaban J connectivity index is 0.00000172. The molecule has 1 N–H and O–H groups in total. The van der Waals surface area contributed by atoms with E-state index in [2.05, 4.69) is 13.8 Å². The number of likely N-dealkylation sites (tertiary alicyclic amines) is 1. The summed E-state index contributed by atoms with van der Waals surface area (Å²) in [7, 11) is 0. The SMILES string of the molecule is CCCCCCCCC[NH+]1CCC(CCC)CC1.[C-]#N. The molecule has 2 nitrogen and oxygen atoms in total. The number of rotatable bonds is 10. The van der Waals surface area contributed by atoms with Crippen LogP contribution in [-0.4, -0.2) is 19.6 Å². The predicted octanol–water partition coefficient (Wildman–Crippen LogP) is 3.93. The fraction of sp³-hybridized carbons (Fsp3) is 0.944. The maximum Gasteiger partial charge on any atom is 0.0773 e. The van der Waals surface area contributed by atoms with Crippen LogP contribution in [0.3, 0.4) is 0 Å². The lowest BCUT2D eigenvalue weighted by Crippen LogP contribution is -3.13. The Morgan fingerprint density at radius 2 is 1.40 bits per heavy atom. The van der Waals surface area contributed by atoms with E-state index in [0.717, 1.165) is 5.92 Å². The Labute approximate surface area is 127 Å². The number of nitrogens with zero attached hydrogens (tertiary/aromatic N) is 1. The predicted molar refractivity (Wildman–Crippen MR) is 86.2 cm³/mol. The standard InChI is InChI=1S/C17H35N.CN/c1-3-5-6-7-8-9-10-14-18-15-12-17(11-4-2)13-16-18;1-2/h17H,3-16H2,1-2H3;/q;-1/p+1. The van der Waals surface area contributed by atoms with Crippen LogP contribution in [0.1, 0.15) is 84.5 Å². The molecular formula is C18H36N2. The van der Waals surface area contributed by atoms with Crippen molar-refractivity contribution in [2.75, 3.05) is 19.6 Å². The lowest BCUT2D eigenvalue weighted by atomic mass is 9.92. The minimum Gasteiger partial charge on any atom is -0.512 e. The number of piperidine rings is 1. The van der Waals surface area contributed by atoms with Gasteiger partial charge in [0.05, 0.1) is 19.6 Å². The molecule has 0 spiro atoms. The Bertz CT molecular complexity index is 205. The van der Waals surface area contributed by atoms with Crippen LogP contribution in [0.4, 0.5) is 0 Å². The number of unbranched alkanes of at least 4 members (excludes halogenated alkanes) is 6. The fourth-order valence-corrected chi connectivity index (χ4v) is 3.36. The molecule has 118 valence electrons. The molecule has 1 aliphatic rings. The van der Waals surface area contributed by atoms with Crippen LogP contribution in [0.2, 0.25) is 0 Å². The van der Waals surface area contributed by atoms with Gasteiger partial charge in [-0.15, -0.1) is 0 Å². The van der Waals surface area contributed by atoms with Crippen molar-refractivity contribution in [3.8, 4) is 0 Å². The monoisotopic (exact) mass is 280 g/mol. The summed E-state index contributed by atoms with van der Waals surface area (Å²) in [6.45, 7) is 13.7. The van der Waals surface area contributed by atoms with Gasteiger partial charge in [-0.25, -0.2) is 0 Å². The van der Waals surface area contributed by atoms with E-state index in [-0.39, 0.29) is 0 Å². The van der Waals surface area contributed by atoms with Gasteiger partial charge in [-0.2, -0.15) is 0 Å². The second kappa shape index (κ2) is 14.9. The summed E-state index contributed by atoms with van der Waals surface area (Å²) in [5, 5.41) is 6.25. The molecule has 0 atom stereocenters. The highest BCUT2D eigenvalue weighted by molar-refractivity contribution is 4.61. The van der Waals surface area contributed by atoms with E-state index in [1.54, 1.807) is 0 Å². The van der Waals surface area contributed by atoms with Gasteiger partial charge in [-0.1, -0.05) is 58.8 Å². The maximum absolute atomic E-state index is 6.25. The largest absolute Gasteiger partial charge is 0.512 e. The fourth-order valence-electron chi connectivity index (χ4n) is 3.36. The third-order valence-corrected chi connectivity index (χ3v) is 4.64. The zero-order valence-electron chi connectivity index (χ0n) is 13.9. The van der Waals surface area contributed by atoms with Gasteiger partial charge in [0.25, 0.3) is 0 Å². The van der Waals surface area contributed by atoms with Gasteiger partial charge in [-0.3, -0.25) is 0 Å². The van der Waals surface area contributed by atoms with Crippen molar-refractivity contribution >= 4 is 0 Å². The first-order chi connectivity index (χ1) is 9.86. The Hall–Kier alpha value is -0.550. The van der Waals surface area contributed by atoms with Crippen molar-refractivity contribution in [2.24, 2.45) is 5.92 Å². The molecule has 0 amide bonds. The van der Waals surface area contributed by atoms with Gasteiger partial charge in [-0.05, 0) is 31.6 Å². The maximum atomic E-state index is 6.25. The first-order valence-corrected chi connectivity index (χ1v) is 8.92. The molecule has 0 saturated carbocycles. The molecule has 0 aromatic rings. The topological polar surface area (TPSA) is 28.2 Å². The molecule has 1 aliphatic heterocycles. The molecule has 0 aliphatic carbocycles. The molecule has 20 heavy (non-hydrogen) atoms. The van der Waals surface area contributed by atoms with Crippen molar-refractivity contribution in [1.82, 2.24) is 0 Å². The first-order valence-electron chi connectivity index (χ1n) is 8.92. The normalized spacial score (nSPS) is 22.0. The van der Waals surface area contributed by atoms with Gasteiger partial charge in [0.1, 0.15) is 0 Å². The second-order valence-electron chi connectivity index (χ2n) is 6.35. The molecule has 0 aromatic heterocycles. The number of quaternary nitrogens is 1. The Kier molecular flexibility index (Phi) is 14.4. The average molecular weight is 280 g/mol. The van der Waals surface area contributed by atoms with Crippen molar-refractivity contribution < 1.29 is 4.90 Å². The van der Waals surface area contributed by atoms with Crippen molar-refractivity contribution in [1.29, 1.82) is 5.26 Å². The summed E-state index contributed by atoms with van der Waals surface area (Å²) >= 11 is 0. The lowest BCUT2D eigenvalue weighted by Gasteiger charge is -2.29. The summed E-state index contributed by atoms with van der Waals surface area (Å²) in [4.78, 5) is 1.90. The zero-order chi connectivity index (χ0) is 15.1. The highest BCUT2D eigenvalue weighted by Gasteiger charge is 2.20. The first kappa shape index (κ1) is 19.4. The van der Waals surface area contributed by atoms with E-state index in [4.69, 9.17) is 11.8 Å². The minimum atomic E-state index is 1.06. The zero-order valence-corrected chi connectivity index (χ0v) is 13.9. The Morgan fingerprint density at radius 1 is 0.850 bits per heavy atom. The molecule has 0 radical (unpaired) electrons. The van der Waals surface area contributed by atoms with Crippen molar-refractivity contribution in [2.45, 2.75) is 84.5 Å². The minimum absolute atomic E-state index is 1.06. The van der Waals surface area contributed by atoms with Crippen LogP contribution in [0.5, 0.6) is 0 Å². The third kappa shape index (κ3) is 10.3. The van der Waals surface area contributed by atoms with E-state index in [0.29, 0.717) is 0 Å². The average Bonchev–Trinajstić information content (AvgIpc) is 2.50. The van der Waals surface area contributed by atoms with Crippen molar-refractivity contribution in [3.63, 3.8) is 0 Å². The molecule has 1 saturated heterocycles. The number of nitrogens with one attached hydrogen (secondary N) is 1. The van der Waals surface area contributed by atoms with E-state index >= 15 is 0 Å². The van der Waals surface area contributed by atoms with Crippen LogP contribution < -0.4 is 4.90 Å². The quantitative estimate of drug-likeness (QED) is 0.476. The smallest absolute Gasteiger partial charge is 0.0773 e. The summed E-state index contributed by atoms with van der Waals surface area (Å²) in [5.41, 5.74) is 0. The van der Waals surface area contributed by atoms with E-state index in [1.165, 1.54) is 90.3 Å².